The summed E-state index contributed by atoms with van der Waals surface area (Å²) < 4.78 is 51.2. The van der Waals surface area contributed by atoms with Gasteiger partial charge in [-0.2, -0.15) is 13.2 Å². The summed E-state index contributed by atoms with van der Waals surface area (Å²) in [5.41, 5.74) is 7.76. The van der Waals surface area contributed by atoms with Gasteiger partial charge in [0.25, 0.3) is 5.91 Å². The van der Waals surface area contributed by atoms with Crippen LogP contribution < -0.4 is 20.5 Å². The molecule has 0 saturated heterocycles. The fourth-order valence-electron chi connectivity index (χ4n) is 5.74. The molecular weight excluding hydrogens is 573 g/mol. The lowest BCUT2D eigenvalue weighted by Gasteiger charge is -2.22. The number of pyridine rings is 2. The molecule has 4 aromatic rings. The van der Waals surface area contributed by atoms with Crippen molar-refractivity contribution in [2.75, 3.05) is 20.3 Å². The molecule has 6 rings (SSSR count). The minimum absolute atomic E-state index is 0.0145. The normalized spacial score (nSPS) is 18.4. The average molecular weight is 605 g/mol. The molecule has 0 spiro atoms. The number of rotatable bonds is 8. The fraction of sp³-hybridized carbons (Fsp3) is 0.333. The van der Waals surface area contributed by atoms with Crippen molar-refractivity contribution in [2.24, 2.45) is 11.7 Å². The van der Waals surface area contributed by atoms with Gasteiger partial charge >= 0.3 is 6.18 Å². The lowest BCUT2D eigenvalue weighted by molar-refractivity contribution is -0.137. The molecule has 3 heterocycles. The van der Waals surface area contributed by atoms with Crippen LogP contribution in [-0.2, 0) is 16.4 Å². The zero-order valence-electron chi connectivity index (χ0n) is 24.4. The molecule has 0 bridgehead atoms. The molecule has 2 aromatic heterocycles. The maximum absolute atomic E-state index is 13.4. The van der Waals surface area contributed by atoms with Gasteiger partial charge in [-0.25, -0.2) is 4.98 Å². The second-order valence-electron chi connectivity index (χ2n) is 11.7. The van der Waals surface area contributed by atoms with Crippen molar-refractivity contribution in [3.8, 4) is 22.8 Å². The van der Waals surface area contributed by atoms with E-state index in [9.17, 15) is 22.8 Å². The van der Waals surface area contributed by atoms with Crippen LogP contribution in [0.1, 0.15) is 58.4 Å². The number of aromatic nitrogens is 2. The lowest BCUT2D eigenvalue weighted by Crippen LogP contribution is -2.40. The molecular formula is C33H31F3N4O4. The first-order valence-corrected chi connectivity index (χ1v) is 14.3. The number of halogens is 3. The number of nitrogens with two attached hydrogens (primary N) is 1. The molecule has 2 aliphatic rings. The van der Waals surface area contributed by atoms with E-state index >= 15 is 0 Å². The molecule has 11 heteroatoms. The van der Waals surface area contributed by atoms with E-state index in [0.717, 1.165) is 35.9 Å². The van der Waals surface area contributed by atoms with E-state index in [1.807, 2.05) is 13.0 Å². The Bertz CT molecular complexity index is 1790. The summed E-state index contributed by atoms with van der Waals surface area (Å²) in [5.74, 6) is -0.0770. The molecule has 0 unspecified atom stereocenters. The number of amides is 2. The smallest absolute Gasteiger partial charge is 0.416 e. The van der Waals surface area contributed by atoms with Gasteiger partial charge in [-0.3, -0.25) is 14.6 Å². The molecule has 8 nitrogen and oxygen atoms in total. The number of benzene rings is 2. The number of methoxy groups -OCH3 is 1. The van der Waals surface area contributed by atoms with Crippen LogP contribution in [0.15, 0.2) is 54.7 Å². The average Bonchev–Trinajstić information content (AvgIpc) is 3.77. The Labute approximate surface area is 251 Å². The van der Waals surface area contributed by atoms with Gasteiger partial charge in [-0.1, -0.05) is 12.1 Å². The Balaban J connectivity index is 1.36. The predicted octanol–water partition coefficient (Wildman–Crippen LogP) is 5.69. The van der Waals surface area contributed by atoms with Crippen molar-refractivity contribution in [3.05, 3.63) is 82.7 Å². The van der Waals surface area contributed by atoms with Gasteiger partial charge in [-0.15, -0.1) is 0 Å². The highest BCUT2D eigenvalue weighted by molar-refractivity contribution is 6.00. The molecule has 1 fully saturated rings. The molecule has 1 aliphatic carbocycles. The first-order chi connectivity index (χ1) is 20.9. The minimum atomic E-state index is -4.49. The van der Waals surface area contributed by atoms with Crippen molar-refractivity contribution in [1.29, 1.82) is 0 Å². The van der Waals surface area contributed by atoms with Crippen molar-refractivity contribution in [1.82, 2.24) is 15.3 Å². The largest absolute Gasteiger partial charge is 0.494 e. The Morgan fingerprint density at radius 1 is 1.16 bits per heavy atom. The first kappa shape index (κ1) is 29.4. The number of carbonyl (C=O) groups is 2. The molecule has 228 valence electrons. The summed E-state index contributed by atoms with van der Waals surface area (Å²) in [5, 5.41) is 3.82. The van der Waals surface area contributed by atoms with Crippen LogP contribution in [0.4, 0.5) is 13.2 Å². The molecule has 2 amide bonds. The van der Waals surface area contributed by atoms with E-state index in [0.29, 0.717) is 45.1 Å². The van der Waals surface area contributed by atoms with Gasteiger partial charge in [0, 0.05) is 46.4 Å². The van der Waals surface area contributed by atoms with Crippen LogP contribution in [0.25, 0.3) is 22.2 Å². The summed E-state index contributed by atoms with van der Waals surface area (Å²) >= 11 is 0. The molecule has 3 N–H and O–H groups in total. The van der Waals surface area contributed by atoms with Crippen molar-refractivity contribution in [3.63, 3.8) is 0 Å². The van der Waals surface area contributed by atoms with Gasteiger partial charge in [-0.05, 0) is 74.6 Å². The third-order valence-corrected chi connectivity index (χ3v) is 8.54. The second kappa shape index (κ2) is 10.8. The monoisotopic (exact) mass is 604 g/mol. The number of hydrogen-bond acceptors (Lipinski definition) is 6. The van der Waals surface area contributed by atoms with Crippen molar-refractivity contribution in [2.45, 2.75) is 44.2 Å². The highest BCUT2D eigenvalue weighted by Crippen LogP contribution is 2.48. The Morgan fingerprint density at radius 3 is 2.52 bits per heavy atom. The number of hydrogen-bond donors (Lipinski definition) is 2. The Morgan fingerprint density at radius 2 is 1.89 bits per heavy atom. The molecule has 2 atom stereocenters. The van der Waals surface area contributed by atoms with Gasteiger partial charge in [0.1, 0.15) is 34.7 Å². The number of ether oxygens (including phenoxy) is 2. The molecule has 1 saturated carbocycles. The van der Waals surface area contributed by atoms with E-state index in [-0.39, 0.29) is 30.9 Å². The molecule has 2 aromatic carbocycles. The van der Waals surface area contributed by atoms with E-state index < -0.39 is 23.1 Å². The van der Waals surface area contributed by atoms with E-state index in [1.165, 1.54) is 19.2 Å². The SMILES string of the molecule is COc1cc(C(=O)NC[C@H](c2cc3c(c(-c4ccc(C(F)(F)F)cc4)n2)OC[C@]3(C)C(N)=O)C2CC2)cc2cc(C)cnc12. The third kappa shape index (κ3) is 5.31. The molecule has 1 aliphatic heterocycles. The quantitative estimate of drug-likeness (QED) is 0.267. The zero-order chi connectivity index (χ0) is 31.4. The third-order valence-electron chi connectivity index (χ3n) is 8.54. The van der Waals surface area contributed by atoms with Crippen molar-refractivity contribution < 1.29 is 32.2 Å². The number of fused-ring (bicyclic) bond motifs is 2. The first-order valence-electron chi connectivity index (χ1n) is 14.3. The summed E-state index contributed by atoms with van der Waals surface area (Å²) in [6.07, 6.45) is -0.904. The van der Waals surface area contributed by atoms with Gasteiger partial charge in [0.05, 0.1) is 12.7 Å². The number of primary amides is 1. The minimum Gasteiger partial charge on any atom is -0.494 e. The summed E-state index contributed by atoms with van der Waals surface area (Å²) in [7, 11) is 1.53. The Hall–Kier alpha value is -4.67. The van der Waals surface area contributed by atoms with Crippen LogP contribution in [0.5, 0.6) is 11.5 Å². The standard InChI is InChI=1S/C33H31F3N4O4/c1-17-10-20-11-21(12-26(43-3)27(20)38-14-17)30(41)39-15-23(18-4-5-18)25-13-24-29(44-16-32(24,2)31(37)42)28(40-25)19-6-8-22(9-7-19)33(34,35)36/h6-14,18,23H,4-5,15-16H2,1-3H3,(H2,37,42)(H,39,41)/t23-,32-/m0/s1. The predicted molar refractivity (Wildman–Crippen MR) is 158 cm³/mol. The van der Waals surface area contributed by atoms with E-state index in [2.05, 4.69) is 10.3 Å². The van der Waals surface area contributed by atoms with Crippen LogP contribution in [0.3, 0.4) is 0 Å². The summed E-state index contributed by atoms with van der Waals surface area (Å²) in [6.45, 7) is 3.84. The van der Waals surface area contributed by atoms with Gasteiger partial charge in [0.15, 0.2) is 0 Å². The maximum Gasteiger partial charge on any atom is 0.416 e. The number of nitrogens with zero attached hydrogens (tertiary/aromatic N) is 2. The second-order valence-corrected chi connectivity index (χ2v) is 11.7. The number of nitrogens with one attached hydrogen (secondary N) is 1. The van der Waals surface area contributed by atoms with Crippen molar-refractivity contribution >= 4 is 22.7 Å². The zero-order valence-corrected chi connectivity index (χ0v) is 24.4. The number of alkyl halides is 3. The summed E-state index contributed by atoms with van der Waals surface area (Å²) in [6, 6.07) is 11.8. The van der Waals surface area contributed by atoms with Gasteiger partial charge in [0.2, 0.25) is 5.91 Å². The molecule has 44 heavy (non-hydrogen) atoms. The Kier molecular flexibility index (Phi) is 7.22. The highest BCUT2D eigenvalue weighted by atomic mass is 19.4. The fourth-order valence-corrected chi connectivity index (χ4v) is 5.74. The maximum atomic E-state index is 13.4. The van der Waals surface area contributed by atoms with Crippen LogP contribution in [0.2, 0.25) is 0 Å². The molecule has 0 radical (unpaired) electrons. The highest BCUT2D eigenvalue weighted by Gasteiger charge is 2.45. The number of aryl methyl sites for hydroxylation is 1. The van der Waals surface area contributed by atoms with Crippen LogP contribution in [0, 0.1) is 12.8 Å². The number of carbonyl (C=O) groups excluding carboxylic acids is 2. The van der Waals surface area contributed by atoms with Crippen LogP contribution in [-0.4, -0.2) is 42.0 Å². The van der Waals surface area contributed by atoms with E-state index in [1.54, 1.807) is 31.3 Å². The van der Waals surface area contributed by atoms with E-state index in [4.69, 9.17) is 20.2 Å². The van der Waals surface area contributed by atoms with Gasteiger partial charge < -0.3 is 20.5 Å². The topological polar surface area (TPSA) is 116 Å². The van der Waals surface area contributed by atoms with Crippen LogP contribution >= 0.6 is 0 Å². The lowest BCUT2D eigenvalue weighted by atomic mass is 9.82. The summed E-state index contributed by atoms with van der Waals surface area (Å²) in [4.78, 5) is 35.3.